The maximum atomic E-state index is 13.7. The molecule has 42 heavy (non-hydrogen) atoms. The van der Waals surface area contributed by atoms with Crippen molar-refractivity contribution < 1.29 is 24.6 Å². The SMILES string of the molecule is C[C@H](CC1CCCCC1)C(=O)N1CC[C@@](O)(Cn2cc(C(=O)N3CCN(C(=O)O)CC3)c(C3CC3)cc2=O)C(C)(C)C1. The van der Waals surface area contributed by atoms with Crippen molar-refractivity contribution in [2.75, 3.05) is 39.3 Å². The zero-order valence-electron chi connectivity index (χ0n) is 25.5. The number of piperazine rings is 1. The molecule has 10 nitrogen and oxygen atoms in total. The number of hydrogen-bond donors (Lipinski definition) is 2. The van der Waals surface area contributed by atoms with E-state index in [1.54, 1.807) is 17.2 Å². The van der Waals surface area contributed by atoms with E-state index in [0.717, 1.165) is 24.8 Å². The fourth-order valence-corrected chi connectivity index (χ4v) is 7.35. The molecule has 3 heterocycles. The van der Waals surface area contributed by atoms with Crippen LogP contribution in [0.5, 0.6) is 0 Å². The molecule has 232 valence electrons. The van der Waals surface area contributed by atoms with Crippen LogP contribution in [0.25, 0.3) is 0 Å². The zero-order valence-corrected chi connectivity index (χ0v) is 25.5. The Bertz CT molecular complexity index is 1240. The number of pyridine rings is 1. The molecule has 1 aromatic heterocycles. The predicted molar refractivity (Wildman–Crippen MR) is 158 cm³/mol. The number of nitrogens with zero attached hydrogens (tertiary/aromatic N) is 4. The molecule has 5 rings (SSSR count). The van der Waals surface area contributed by atoms with E-state index in [9.17, 15) is 29.4 Å². The van der Waals surface area contributed by atoms with E-state index in [1.165, 1.54) is 41.6 Å². The molecule has 2 atom stereocenters. The highest BCUT2D eigenvalue weighted by Crippen LogP contribution is 2.43. The van der Waals surface area contributed by atoms with Crippen LogP contribution in [0.4, 0.5) is 4.79 Å². The number of likely N-dealkylation sites (tertiary alicyclic amines) is 1. The van der Waals surface area contributed by atoms with E-state index < -0.39 is 17.1 Å². The van der Waals surface area contributed by atoms with Crippen LogP contribution in [0.3, 0.4) is 0 Å². The van der Waals surface area contributed by atoms with Gasteiger partial charge in [-0.1, -0.05) is 52.9 Å². The fourth-order valence-electron chi connectivity index (χ4n) is 7.35. The molecule has 2 aliphatic carbocycles. The van der Waals surface area contributed by atoms with Crippen molar-refractivity contribution in [2.45, 2.75) is 96.6 Å². The molecule has 2 aliphatic heterocycles. The molecule has 2 N–H and O–H groups in total. The van der Waals surface area contributed by atoms with E-state index in [1.807, 2.05) is 25.7 Å². The third kappa shape index (κ3) is 6.38. The van der Waals surface area contributed by atoms with Gasteiger partial charge in [-0.3, -0.25) is 14.4 Å². The lowest BCUT2D eigenvalue weighted by Crippen LogP contribution is -2.61. The summed E-state index contributed by atoms with van der Waals surface area (Å²) in [4.78, 5) is 56.6. The van der Waals surface area contributed by atoms with Crippen molar-refractivity contribution in [1.82, 2.24) is 19.3 Å². The van der Waals surface area contributed by atoms with Crippen LogP contribution in [0.1, 0.15) is 100 Å². The summed E-state index contributed by atoms with van der Waals surface area (Å²) in [5.74, 6) is 0.706. The van der Waals surface area contributed by atoms with Gasteiger partial charge in [0.2, 0.25) is 5.91 Å². The Kier molecular flexibility index (Phi) is 8.75. The molecule has 0 unspecified atom stereocenters. The summed E-state index contributed by atoms with van der Waals surface area (Å²) in [7, 11) is 0. The highest BCUT2D eigenvalue weighted by atomic mass is 16.4. The molecule has 2 saturated carbocycles. The maximum absolute atomic E-state index is 13.7. The Morgan fingerprint density at radius 2 is 1.60 bits per heavy atom. The van der Waals surface area contributed by atoms with Crippen LogP contribution >= 0.6 is 0 Å². The second-order valence-electron chi connectivity index (χ2n) is 14.0. The average molecular weight is 585 g/mol. The minimum Gasteiger partial charge on any atom is -0.465 e. The van der Waals surface area contributed by atoms with Gasteiger partial charge in [0, 0.05) is 62.9 Å². The van der Waals surface area contributed by atoms with E-state index >= 15 is 0 Å². The lowest BCUT2D eigenvalue weighted by atomic mass is 9.69. The fraction of sp³-hybridized carbons (Fsp3) is 0.750. The molecular weight excluding hydrogens is 536 g/mol. The summed E-state index contributed by atoms with van der Waals surface area (Å²) in [6.07, 6.45) is 9.97. The molecule has 4 aliphatic rings. The third-order valence-electron chi connectivity index (χ3n) is 10.5. The lowest BCUT2D eigenvalue weighted by molar-refractivity contribution is -0.157. The molecule has 4 fully saturated rings. The Labute approximate surface area is 248 Å². The number of carboxylic acid groups (broad SMARTS) is 1. The van der Waals surface area contributed by atoms with Gasteiger partial charge in [-0.15, -0.1) is 0 Å². The molecule has 0 radical (unpaired) electrons. The number of rotatable bonds is 7. The minimum atomic E-state index is -1.24. The highest BCUT2D eigenvalue weighted by molar-refractivity contribution is 5.96. The number of carbonyl (C=O) groups excluding carboxylic acids is 2. The molecule has 3 amide bonds. The lowest BCUT2D eigenvalue weighted by Gasteiger charge is -2.51. The first-order valence-electron chi connectivity index (χ1n) is 15.9. The number of amides is 3. The van der Waals surface area contributed by atoms with Crippen molar-refractivity contribution in [3.8, 4) is 0 Å². The maximum Gasteiger partial charge on any atom is 0.407 e. The van der Waals surface area contributed by atoms with Crippen LogP contribution < -0.4 is 5.56 Å². The van der Waals surface area contributed by atoms with Crippen molar-refractivity contribution in [3.63, 3.8) is 0 Å². The molecule has 1 aromatic rings. The number of piperidine rings is 1. The van der Waals surface area contributed by atoms with Crippen LogP contribution in [0.2, 0.25) is 0 Å². The van der Waals surface area contributed by atoms with Gasteiger partial charge in [0.1, 0.15) is 0 Å². The zero-order chi connectivity index (χ0) is 30.2. The summed E-state index contributed by atoms with van der Waals surface area (Å²) in [5, 5.41) is 21.2. The van der Waals surface area contributed by atoms with Crippen molar-refractivity contribution >= 4 is 17.9 Å². The minimum absolute atomic E-state index is 0.0382. The topological polar surface area (TPSA) is 123 Å². The molecular formula is C32H48N4O6. The van der Waals surface area contributed by atoms with Crippen LogP contribution in [-0.4, -0.2) is 92.3 Å². The Hall–Kier alpha value is -2.88. The first kappa shape index (κ1) is 30.6. The van der Waals surface area contributed by atoms with Gasteiger partial charge in [-0.05, 0) is 43.1 Å². The smallest absolute Gasteiger partial charge is 0.407 e. The number of aliphatic hydroxyl groups is 1. The van der Waals surface area contributed by atoms with E-state index in [2.05, 4.69) is 0 Å². The second kappa shape index (κ2) is 12.0. The quantitative estimate of drug-likeness (QED) is 0.503. The third-order valence-corrected chi connectivity index (χ3v) is 10.5. The van der Waals surface area contributed by atoms with E-state index in [0.29, 0.717) is 44.1 Å². The van der Waals surface area contributed by atoms with Crippen molar-refractivity contribution in [2.24, 2.45) is 17.3 Å². The summed E-state index contributed by atoms with van der Waals surface area (Å²) in [6, 6.07) is 1.56. The molecule has 10 heteroatoms. The highest BCUT2D eigenvalue weighted by Gasteiger charge is 2.49. The summed E-state index contributed by atoms with van der Waals surface area (Å²) in [6.45, 7) is 7.93. The average Bonchev–Trinajstić information content (AvgIpc) is 3.81. The summed E-state index contributed by atoms with van der Waals surface area (Å²) < 4.78 is 1.47. The monoisotopic (exact) mass is 584 g/mol. The van der Waals surface area contributed by atoms with E-state index in [-0.39, 0.29) is 48.8 Å². The summed E-state index contributed by atoms with van der Waals surface area (Å²) in [5.41, 5.74) is -0.938. The van der Waals surface area contributed by atoms with Gasteiger partial charge < -0.3 is 29.5 Å². The van der Waals surface area contributed by atoms with Gasteiger partial charge >= 0.3 is 6.09 Å². The second-order valence-corrected chi connectivity index (χ2v) is 14.0. The number of carbonyl (C=O) groups is 3. The van der Waals surface area contributed by atoms with Crippen LogP contribution in [0.15, 0.2) is 17.1 Å². The van der Waals surface area contributed by atoms with Crippen LogP contribution in [-0.2, 0) is 11.3 Å². The molecule has 0 spiro atoms. The Morgan fingerprint density at radius 3 is 2.19 bits per heavy atom. The van der Waals surface area contributed by atoms with Gasteiger partial charge in [0.15, 0.2) is 0 Å². The standard InChI is InChI=1S/C32H48N4O6/c1-22(17-23-7-5-4-6-8-23)28(38)35-12-11-32(42,31(2,3)20-35)21-36-19-26(25(18-27(36)37)24-9-10-24)29(39)33-13-15-34(16-14-33)30(40)41/h18-19,22-24,42H,4-17,20-21H2,1-3H3,(H,40,41)/t22-,32-/m1/s1. The predicted octanol–water partition coefficient (Wildman–Crippen LogP) is 3.76. The van der Waals surface area contributed by atoms with Crippen molar-refractivity contribution in [3.05, 3.63) is 33.7 Å². The Balaban J connectivity index is 1.30. The van der Waals surface area contributed by atoms with Crippen molar-refractivity contribution in [1.29, 1.82) is 0 Å². The van der Waals surface area contributed by atoms with Gasteiger partial charge in [-0.25, -0.2) is 4.79 Å². The van der Waals surface area contributed by atoms with Gasteiger partial charge in [-0.2, -0.15) is 0 Å². The largest absolute Gasteiger partial charge is 0.465 e. The van der Waals surface area contributed by atoms with Gasteiger partial charge in [0.05, 0.1) is 17.7 Å². The first-order chi connectivity index (χ1) is 19.9. The summed E-state index contributed by atoms with van der Waals surface area (Å²) >= 11 is 0. The molecule has 0 aromatic carbocycles. The Morgan fingerprint density at radius 1 is 0.952 bits per heavy atom. The van der Waals surface area contributed by atoms with Crippen LogP contribution in [0, 0.1) is 17.3 Å². The van der Waals surface area contributed by atoms with Gasteiger partial charge in [0.25, 0.3) is 11.5 Å². The number of aromatic nitrogens is 1. The normalized spacial score (nSPS) is 25.8. The molecule has 2 saturated heterocycles. The number of hydrogen-bond acceptors (Lipinski definition) is 5. The molecule has 0 bridgehead atoms. The first-order valence-corrected chi connectivity index (χ1v) is 15.9. The van der Waals surface area contributed by atoms with E-state index in [4.69, 9.17) is 0 Å².